The molecule has 1 heterocycles. The molecule has 1 aliphatic carbocycles. The van der Waals surface area contributed by atoms with Crippen LogP contribution < -0.4 is 5.73 Å². The predicted molar refractivity (Wildman–Crippen MR) is 58.8 cm³/mol. The highest BCUT2D eigenvalue weighted by Crippen LogP contribution is 2.29. The van der Waals surface area contributed by atoms with Gasteiger partial charge in [-0.05, 0) is 19.3 Å². The summed E-state index contributed by atoms with van der Waals surface area (Å²) in [5.74, 6) is 0. The van der Waals surface area contributed by atoms with E-state index in [1.54, 1.807) is 0 Å². The van der Waals surface area contributed by atoms with Crippen LogP contribution in [-0.4, -0.2) is 56.5 Å². The minimum absolute atomic E-state index is 0.410. The molecule has 0 aromatic carbocycles. The largest absolute Gasteiger partial charge is 0.381 e. The molecule has 4 heteroatoms. The van der Waals surface area contributed by atoms with Crippen molar-refractivity contribution in [2.45, 2.75) is 37.5 Å². The van der Waals surface area contributed by atoms with Gasteiger partial charge in [0, 0.05) is 32.8 Å². The Labute approximate surface area is 91.7 Å². The van der Waals surface area contributed by atoms with Crippen LogP contribution in [0.3, 0.4) is 0 Å². The highest BCUT2D eigenvalue weighted by atomic mass is 16.5. The third kappa shape index (κ3) is 2.50. The lowest BCUT2D eigenvalue weighted by molar-refractivity contribution is -0.112. The van der Waals surface area contributed by atoms with Gasteiger partial charge in [-0.3, -0.25) is 4.90 Å². The molecule has 0 spiro atoms. The summed E-state index contributed by atoms with van der Waals surface area (Å²) in [4.78, 5) is 2.47. The average molecular weight is 214 g/mol. The van der Waals surface area contributed by atoms with E-state index >= 15 is 0 Å². The fraction of sp³-hybridized carbons (Fsp3) is 1.00. The Kier molecular flexibility index (Phi) is 3.97. The summed E-state index contributed by atoms with van der Waals surface area (Å²) in [6.45, 7) is 3.61. The zero-order valence-electron chi connectivity index (χ0n) is 9.52. The van der Waals surface area contributed by atoms with Crippen molar-refractivity contribution in [2.24, 2.45) is 5.73 Å². The van der Waals surface area contributed by atoms with Crippen molar-refractivity contribution < 1.29 is 9.47 Å². The molecule has 1 saturated heterocycles. The number of hydrogen-bond donors (Lipinski definition) is 1. The Morgan fingerprint density at radius 2 is 2.33 bits per heavy atom. The summed E-state index contributed by atoms with van der Waals surface area (Å²) in [5, 5.41) is 0. The van der Waals surface area contributed by atoms with Crippen LogP contribution in [0.2, 0.25) is 0 Å². The fourth-order valence-electron chi connectivity index (χ4n) is 2.80. The lowest BCUT2D eigenvalue weighted by Gasteiger charge is -2.45. The monoisotopic (exact) mass is 214 g/mol. The van der Waals surface area contributed by atoms with Crippen molar-refractivity contribution in [3.05, 3.63) is 0 Å². The van der Waals surface area contributed by atoms with E-state index in [-0.39, 0.29) is 0 Å². The first-order valence-corrected chi connectivity index (χ1v) is 5.93. The number of methoxy groups -OCH3 is 1. The maximum atomic E-state index is 5.81. The molecule has 2 aliphatic rings. The molecule has 0 bridgehead atoms. The molecule has 2 fully saturated rings. The summed E-state index contributed by atoms with van der Waals surface area (Å²) >= 11 is 0. The van der Waals surface area contributed by atoms with Crippen LogP contribution in [0.25, 0.3) is 0 Å². The number of nitrogens with zero attached hydrogens (tertiary/aromatic N) is 1. The van der Waals surface area contributed by atoms with Crippen molar-refractivity contribution >= 4 is 0 Å². The van der Waals surface area contributed by atoms with Gasteiger partial charge in [0.15, 0.2) is 0 Å². The van der Waals surface area contributed by atoms with Crippen LogP contribution in [0.1, 0.15) is 19.3 Å². The van der Waals surface area contributed by atoms with Gasteiger partial charge in [0.1, 0.15) is 0 Å². The molecule has 3 atom stereocenters. The second-order valence-corrected chi connectivity index (χ2v) is 4.47. The molecule has 0 aromatic rings. The Bertz CT molecular complexity index is 199. The number of nitrogens with two attached hydrogens (primary N) is 1. The van der Waals surface area contributed by atoms with Gasteiger partial charge < -0.3 is 15.2 Å². The van der Waals surface area contributed by atoms with E-state index in [0.717, 1.165) is 45.5 Å². The van der Waals surface area contributed by atoms with E-state index in [4.69, 9.17) is 15.2 Å². The van der Waals surface area contributed by atoms with Crippen LogP contribution in [0.15, 0.2) is 0 Å². The molecule has 2 rings (SSSR count). The van der Waals surface area contributed by atoms with Crippen LogP contribution in [0.5, 0.6) is 0 Å². The number of hydrogen-bond acceptors (Lipinski definition) is 4. The van der Waals surface area contributed by atoms with Crippen molar-refractivity contribution in [3.8, 4) is 0 Å². The van der Waals surface area contributed by atoms with E-state index < -0.39 is 0 Å². The molecule has 88 valence electrons. The van der Waals surface area contributed by atoms with Gasteiger partial charge in [-0.15, -0.1) is 0 Å². The van der Waals surface area contributed by atoms with Crippen LogP contribution >= 0.6 is 0 Å². The first kappa shape index (κ1) is 11.3. The topological polar surface area (TPSA) is 47.7 Å². The van der Waals surface area contributed by atoms with Crippen LogP contribution in [0.4, 0.5) is 0 Å². The Balaban J connectivity index is 1.96. The maximum absolute atomic E-state index is 5.81. The second kappa shape index (κ2) is 5.25. The Morgan fingerprint density at radius 3 is 3.07 bits per heavy atom. The predicted octanol–water partition coefficient (Wildman–Crippen LogP) is 0.213. The summed E-state index contributed by atoms with van der Waals surface area (Å²) in [6.07, 6.45) is 4.18. The van der Waals surface area contributed by atoms with Gasteiger partial charge in [-0.1, -0.05) is 0 Å². The SMILES string of the molecule is COC1CCC2OCCN(CCN)C2C1. The van der Waals surface area contributed by atoms with E-state index in [9.17, 15) is 0 Å². The summed E-state index contributed by atoms with van der Waals surface area (Å²) < 4.78 is 11.3. The standard InChI is InChI=1S/C11H22N2O2/c1-14-9-2-3-11-10(8-9)13(5-4-12)6-7-15-11/h9-11H,2-8,12H2,1H3. The van der Waals surface area contributed by atoms with Crippen molar-refractivity contribution in [3.63, 3.8) is 0 Å². The molecule has 2 N–H and O–H groups in total. The van der Waals surface area contributed by atoms with Gasteiger partial charge in [0.2, 0.25) is 0 Å². The minimum Gasteiger partial charge on any atom is -0.381 e. The number of ether oxygens (including phenoxy) is 2. The van der Waals surface area contributed by atoms with E-state index in [2.05, 4.69) is 4.90 Å². The summed E-state index contributed by atoms with van der Waals surface area (Å²) in [7, 11) is 1.81. The van der Waals surface area contributed by atoms with Gasteiger partial charge in [-0.2, -0.15) is 0 Å². The van der Waals surface area contributed by atoms with Crippen LogP contribution in [-0.2, 0) is 9.47 Å². The normalized spacial score (nSPS) is 37.6. The first-order valence-electron chi connectivity index (χ1n) is 5.93. The summed E-state index contributed by atoms with van der Waals surface area (Å²) in [6, 6.07) is 0.529. The first-order chi connectivity index (χ1) is 7.35. The van der Waals surface area contributed by atoms with E-state index in [0.29, 0.717) is 18.2 Å². The molecule has 3 unspecified atom stereocenters. The highest BCUT2D eigenvalue weighted by molar-refractivity contribution is 4.90. The highest BCUT2D eigenvalue weighted by Gasteiger charge is 2.37. The quantitative estimate of drug-likeness (QED) is 0.730. The third-order valence-corrected chi connectivity index (χ3v) is 3.64. The lowest BCUT2D eigenvalue weighted by Crippen LogP contribution is -2.56. The van der Waals surface area contributed by atoms with Gasteiger partial charge in [-0.25, -0.2) is 0 Å². The number of rotatable bonds is 3. The average Bonchev–Trinajstić information content (AvgIpc) is 2.29. The number of fused-ring (bicyclic) bond motifs is 1. The number of morpholine rings is 1. The van der Waals surface area contributed by atoms with Gasteiger partial charge in [0.05, 0.1) is 18.8 Å². The molecule has 0 aromatic heterocycles. The molecular formula is C11H22N2O2. The molecular weight excluding hydrogens is 192 g/mol. The fourth-order valence-corrected chi connectivity index (χ4v) is 2.80. The minimum atomic E-state index is 0.410. The van der Waals surface area contributed by atoms with Gasteiger partial charge >= 0.3 is 0 Å². The molecule has 1 saturated carbocycles. The molecule has 4 nitrogen and oxygen atoms in total. The molecule has 0 amide bonds. The van der Waals surface area contributed by atoms with E-state index in [1.807, 2.05) is 7.11 Å². The third-order valence-electron chi connectivity index (χ3n) is 3.64. The lowest BCUT2D eigenvalue weighted by atomic mass is 9.88. The zero-order valence-corrected chi connectivity index (χ0v) is 9.52. The Morgan fingerprint density at radius 1 is 1.47 bits per heavy atom. The van der Waals surface area contributed by atoms with Crippen molar-refractivity contribution in [1.82, 2.24) is 4.90 Å². The molecule has 0 radical (unpaired) electrons. The Hall–Kier alpha value is -0.160. The van der Waals surface area contributed by atoms with Crippen LogP contribution in [0, 0.1) is 0 Å². The van der Waals surface area contributed by atoms with E-state index in [1.165, 1.54) is 0 Å². The molecule has 1 aliphatic heterocycles. The van der Waals surface area contributed by atoms with Crippen molar-refractivity contribution in [1.29, 1.82) is 0 Å². The zero-order chi connectivity index (χ0) is 10.7. The van der Waals surface area contributed by atoms with Gasteiger partial charge in [0.25, 0.3) is 0 Å². The second-order valence-electron chi connectivity index (χ2n) is 4.47. The molecule has 15 heavy (non-hydrogen) atoms. The maximum Gasteiger partial charge on any atom is 0.0732 e. The van der Waals surface area contributed by atoms with Crippen molar-refractivity contribution in [2.75, 3.05) is 33.4 Å². The summed E-state index contributed by atoms with van der Waals surface area (Å²) in [5.41, 5.74) is 5.63. The smallest absolute Gasteiger partial charge is 0.0732 e.